The second kappa shape index (κ2) is 5.94. The standard InChI is InChI=1S/C16H23N3O/c17-15-7-6-12-10-19(11-14(12)15)9-8-16(20)18-13-4-2-1-3-5-13/h1-5,12,14-15H,6-11,17H2,(H,18,20)/t12-,14-,15+/m0/s1. The third-order valence-electron chi connectivity index (χ3n) is 4.70. The van der Waals surface area contributed by atoms with Crippen LogP contribution in [0.3, 0.4) is 0 Å². The highest BCUT2D eigenvalue weighted by Crippen LogP contribution is 2.36. The molecule has 0 aromatic heterocycles. The number of fused-ring (bicyclic) bond motifs is 1. The molecule has 3 atom stereocenters. The first-order valence-electron chi connectivity index (χ1n) is 7.55. The fourth-order valence-corrected chi connectivity index (χ4v) is 3.59. The lowest BCUT2D eigenvalue weighted by Crippen LogP contribution is -2.31. The Morgan fingerprint density at radius 2 is 2.05 bits per heavy atom. The number of hydrogen-bond donors (Lipinski definition) is 2. The zero-order valence-electron chi connectivity index (χ0n) is 11.8. The van der Waals surface area contributed by atoms with E-state index in [0.717, 1.165) is 31.2 Å². The molecule has 1 heterocycles. The molecule has 2 fully saturated rings. The predicted molar refractivity (Wildman–Crippen MR) is 80.3 cm³/mol. The molecule has 0 unspecified atom stereocenters. The third kappa shape index (κ3) is 3.02. The van der Waals surface area contributed by atoms with Crippen LogP contribution in [0.15, 0.2) is 30.3 Å². The van der Waals surface area contributed by atoms with Crippen molar-refractivity contribution in [1.82, 2.24) is 4.90 Å². The van der Waals surface area contributed by atoms with E-state index in [4.69, 9.17) is 5.73 Å². The highest BCUT2D eigenvalue weighted by Gasteiger charge is 2.40. The van der Waals surface area contributed by atoms with Crippen LogP contribution >= 0.6 is 0 Å². The zero-order chi connectivity index (χ0) is 13.9. The minimum atomic E-state index is 0.0950. The van der Waals surface area contributed by atoms with Gasteiger partial charge in [0.15, 0.2) is 0 Å². The van der Waals surface area contributed by atoms with E-state index in [-0.39, 0.29) is 5.91 Å². The fourth-order valence-electron chi connectivity index (χ4n) is 3.59. The van der Waals surface area contributed by atoms with Gasteiger partial charge in [0.1, 0.15) is 0 Å². The van der Waals surface area contributed by atoms with Crippen molar-refractivity contribution in [2.24, 2.45) is 17.6 Å². The number of rotatable bonds is 4. The molecule has 0 spiro atoms. The number of amides is 1. The van der Waals surface area contributed by atoms with E-state index in [2.05, 4.69) is 10.2 Å². The molecule has 2 aliphatic rings. The van der Waals surface area contributed by atoms with E-state index in [1.54, 1.807) is 0 Å². The molecule has 3 N–H and O–H groups in total. The van der Waals surface area contributed by atoms with Crippen LogP contribution in [0.4, 0.5) is 5.69 Å². The second-order valence-corrected chi connectivity index (χ2v) is 6.09. The largest absolute Gasteiger partial charge is 0.327 e. The van der Waals surface area contributed by atoms with Gasteiger partial charge in [0, 0.05) is 37.8 Å². The minimum absolute atomic E-state index is 0.0950. The van der Waals surface area contributed by atoms with Crippen molar-refractivity contribution in [1.29, 1.82) is 0 Å². The van der Waals surface area contributed by atoms with E-state index in [0.29, 0.717) is 18.4 Å². The fraction of sp³-hybridized carbons (Fsp3) is 0.562. The molecule has 0 radical (unpaired) electrons. The monoisotopic (exact) mass is 273 g/mol. The number of likely N-dealkylation sites (tertiary alicyclic amines) is 1. The van der Waals surface area contributed by atoms with Gasteiger partial charge in [0.25, 0.3) is 0 Å². The van der Waals surface area contributed by atoms with Crippen LogP contribution in [-0.4, -0.2) is 36.5 Å². The number of nitrogens with one attached hydrogen (secondary N) is 1. The third-order valence-corrected chi connectivity index (χ3v) is 4.70. The number of carbonyl (C=O) groups excluding carboxylic acids is 1. The molecule has 3 rings (SSSR count). The van der Waals surface area contributed by atoms with E-state index in [9.17, 15) is 4.79 Å². The average Bonchev–Trinajstić information content (AvgIpc) is 3.00. The van der Waals surface area contributed by atoms with Crippen molar-refractivity contribution in [3.8, 4) is 0 Å². The van der Waals surface area contributed by atoms with Crippen molar-refractivity contribution in [3.05, 3.63) is 30.3 Å². The Balaban J connectivity index is 1.43. The summed E-state index contributed by atoms with van der Waals surface area (Å²) >= 11 is 0. The molecule has 4 nitrogen and oxygen atoms in total. The Morgan fingerprint density at radius 3 is 2.80 bits per heavy atom. The maximum absolute atomic E-state index is 11.9. The van der Waals surface area contributed by atoms with E-state index in [1.807, 2.05) is 30.3 Å². The van der Waals surface area contributed by atoms with E-state index >= 15 is 0 Å². The highest BCUT2D eigenvalue weighted by molar-refractivity contribution is 5.90. The molecule has 1 aliphatic carbocycles. The van der Waals surface area contributed by atoms with Crippen molar-refractivity contribution < 1.29 is 4.79 Å². The lowest BCUT2D eigenvalue weighted by molar-refractivity contribution is -0.116. The van der Waals surface area contributed by atoms with Gasteiger partial charge in [-0.2, -0.15) is 0 Å². The molecule has 20 heavy (non-hydrogen) atoms. The molecule has 4 heteroatoms. The molecule has 1 amide bonds. The van der Waals surface area contributed by atoms with Gasteiger partial charge in [0.2, 0.25) is 5.91 Å². The van der Waals surface area contributed by atoms with Crippen molar-refractivity contribution in [2.45, 2.75) is 25.3 Å². The number of nitrogens with zero attached hydrogens (tertiary/aromatic N) is 1. The Hall–Kier alpha value is -1.39. The number of hydrogen-bond acceptors (Lipinski definition) is 3. The number of para-hydroxylation sites is 1. The van der Waals surface area contributed by atoms with Gasteiger partial charge in [-0.1, -0.05) is 18.2 Å². The first kappa shape index (κ1) is 13.6. The number of anilines is 1. The SMILES string of the molecule is N[C@@H]1CC[C@H]2CN(CCC(=O)Nc3ccccc3)C[C@@H]21. The lowest BCUT2D eigenvalue weighted by atomic mass is 9.98. The average molecular weight is 273 g/mol. The van der Waals surface area contributed by atoms with Gasteiger partial charge in [-0.3, -0.25) is 4.79 Å². The van der Waals surface area contributed by atoms with Gasteiger partial charge < -0.3 is 16.0 Å². The smallest absolute Gasteiger partial charge is 0.225 e. The van der Waals surface area contributed by atoms with E-state index in [1.165, 1.54) is 12.8 Å². The van der Waals surface area contributed by atoms with Crippen LogP contribution in [-0.2, 0) is 4.79 Å². The second-order valence-electron chi connectivity index (χ2n) is 6.09. The summed E-state index contributed by atoms with van der Waals surface area (Å²) in [6.45, 7) is 3.04. The van der Waals surface area contributed by atoms with Gasteiger partial charge in [-0.05, 0) is 36.8 Å². The van der Waals surface area contributed by atoms with Gasteiger partial charge in [-0.25, -0.2) is 0 Å². The molecular formula is C16H23N3O. The van der Waals surface area contributed by atoms with Crippen LogP contribution < -0.4 is 11.1 Å². The summed E-state index contributed by atoms with van der Waals surface area (Å²) in [6.07, 6.45) is 3.00. The van der Waals surface area contributed by atoms with Crippen molar-refractivity contribution >= 4 is 11.6 Å². The topological polar surface area (TPSA) is 58.4 Å². The number of benzene rings is 1. The Morgan fingerprint density at radius 1 is 1.25 bits per heavy atom. The van der Waals surface area contributed by atoms with Crippen LogP contribution in [0.25, 0.3) is 0 Å². The molecule has 1 aromatic carbocycles. The first-order chi connectivity index (χ1) is 9.72. The molecule has 1 saturated heterocycles. The highest BCUT2D eigenvalue weighted by atomic mass is 16.1. The van der Waals surface area contributed by atoms with Crippen LogP contribution in [0, 0.1) is 11.8 Å². The van der Waals surface area contributed by atoms with Gasteiger partial charge in [-0.15, -0.1) is 0 Å². The Bertz CT molecular complexity index is 462. The molecule has 1 aromatic rings. The molecule has 1 saturated carbocycles. The maximum Gasteiger partial charge on any atom is 0.225 e. The van der Waals surface area contributed by atoms with Crippen molar-refractivity contribution in [2.75, 3.05) is 25.0 Å². The summed E-state index contributed by atoms with van der Waals surface area (Å²) in [5.41, 5.74) is 7.01. The Labute approximate surface area is 120 Å². The van der Waals surface area contributed by atoms with Crippen molar-refractivity contribution in [3.63, 3.8) is 0 Å². The van der Waals surface area contributed by atoms with Crippen LogP contribution in [0.2, 0.25) is 0 Å². The normalized spacial score (nSPS) is 29.4. The van der Waals surface area contributed by atoms with E-state index < -0.39 is 0 Å². The Kier molecular flexibility index (Phi) is 4.03. The summed E-state index contributed by atoms with van der Waals surface area (Å²) in [7, 11) is 0. The lowest BCUT2D eigenvalue weighted by Gasteiger charge is -2.18. The molecular weight excluding hydrogens is 250 g/mol. The van der Waals surface area contributed by atoms with Crippen LogP contribution in [0.5, 0.6) is 0 Å². The van der Waals surface area contributed by atoms with Gasteiger partial charge >= 0.3 is 0 Å². The molecule has 108 valence electrons. The quantitative estimate of drug-likeness (QED) is 0.877. The first-order valence-corrected chi connectivity index (χ1v) is 7.55. The zero-order valence-corrected chi connectivity index (χ0v) is 11.8. The molecule has 0 bridgehead atoms. The summed E-state index contributed by atoms with van der Waals surface area (Å²) in [5.74, 6) is 1.52. The van der Waals surface area contributed by atoms with Gasteiger partial charge in [0.05, 0.1) is 0 Å². The maximum atomic E-state index is 11.9. The number of nitrogens with two attached hydrogens (primary N) is 1. The summed E-state index contributed by atoms with van der Waals surface area (Å²) in [6, 6.07) is 10.0. The van der Waals surface area contributed by atoms with Crippen LogP contribution in [0.1, 0.15) is 19.3 Å². The minimum Gasteiger partial charge on any atom is -0.327 e. The summed E-state index contributed by atoms with van der Waals surface area (Å²) < 4.78 is 0. The summed E-state index contributed by atoms with van der Waals surface area (Å²) in [5, 5.41) is 2.93. The predicted octanol–water partition coefficient (Wildman–Crippen LogP) is 1.68. The number of carbonyl (C=O) groups is 1. The summed E-state index contributed by atoms with van der Waals surface area (Å²) in [4.78, 5) is 14.3. The molecule has 1 aliphatic heterocycles.